The molecule has 4 rings (SSSR count). The summed E-state index contributed by atoms with van der Waals surface area (Å²) in [5.74, 6) is -0.133. The minimum absolute atomic E-state index is 0.0410. The molecular weight excluding hydrogens is 423 g/mol. The molecule has 0 aliphatic carbocycles. The first-order valence-corrected chi connectivity index (χ1v) is 10.5. The number of nitriles is 1. The second kappa shape index (κ2) is 8.47. The van der Waals surface area contributed by atoms with Crippen LogP contribution in [0.4, 0.5) is 18.9 Å². The lowest BCUT2D eigenvalue weighted by atomic mass is 9.71. The number of piperidine rings is 1. The molecule has 3 heterocycles. The number of benzene rings is 1. The van der Waals surface area contributed by atoms with Gasteiger partial charge >= 0.3 is 6.18 Å². The molecular formula is C22H24F3N5O2. The van der Waals surface area contributed by atoms with Gasteiger partial charge in [-0.15, -0.1) is 0 Å². The molecule has 7 nitrogen and oxygen atoms in total. The molecule has 1 spiro atoms. The second-order valence-corrected chi connectivity index (χ2v) is 8.55. The van der Waals surface area contributed by atoms with Crippen LogP contribution in [0.15, 0.2) is 36.7 Å². The Labute approximate surface area is 183 Å². The third-order valence-electron chi connectivity index (χ3n) is 6.80. The lowest BCUT2D eigenvalue weighted by Crippen LogP contribution is -2.45. The SMILES string of the molecule is N#Cc1ccc(N2CCC3(CC2)CN(C(=O)Cn2cccn2)CC3CO)cc1C(F)(F)F. The highest BCUT2D eigenvalue weighted by atomic mass is 19.4. The summed E-state index contributed by atoms with van der Waals surface area (Å²) >= 11 is 0. The van der Waals surface area contributed by atoms with Gasteiger partial charge in [-0.3, -0.25) is 9.48 Å². The van der Waals surface area contributed by atoms with E-state index in [4.69, 9.17) is 5.26 Å². The molecule has 2 fully saturated rings. The zero-order valence-corrected chi connectivity index (χ0v) is 17.4. The fourth-order valence-electron chi connectivity index (χ4n) is 4.94. The van der Waals surface area contributed by atoms with Gasteiger partial charge in [-0.25, -0.2) is 0 Å². The fourth-order valence-corrected chi connectivity index (χ4v) is 4.94. The number of hydrogen-bond acceptors (Lipinski definition) is 5. The van der Waals surface area contributed by atoms with Crippen LogP contribution < -0.4 is 4.90 Å². The van der Waals surface area contributed by atoms with E-state index >= 15 is 0 Å². The second-order valence-electron chi connectivity index (χ2n) is 8.55. The van der Waals surface area contributed by atoms with Gasteiger partial charge in [-0.1, -0.05) is 0 Å². The van der Waals surface area contributed by atoms with E-state index in [1.54, 1.807) is 40.2 Å². The zero-order chi connectivity index (χ0) is 22.9. The topological polar surface area (TPSA) is 85.4 Å². The number of anilines is 1. The quantitative estimate of drug-likeness (QED) is 0.779. The average molecular weight is 447 g/mol. The van der Waals surface area contributed by atoms with E-state index < -0.39 is 17.3 Å². The molecule has 1 amide bonds. The van der Waals surface area contributed by atoms with Crippen LogP contribution >= 0.6 is 0 Å². The standard InChI is InChI=1S/C22H24F3N5O2/c23-22(24,25)19-10-18(3-2-16(19)11-26)28-8-4-21(5-9-28)15-29(12-17(21)14-31)20(32)13-30-7-1-6-27-30/h1-3,6-7,10,17,31H,4-5,8-9,12-15H2. The van der Waals surface area contributed by atoms with Crippen LogP contribution in [0.3, 0.4) is 0 Å². The van der Waals surface area contributed by atoms with Crippen molar-refractivity contribution in [1.29, 1.82) is 5.26 Å². The Morgan fingerprint density at radius 1 is 1.31 bits per heavy atom. The maximum atomic E-state index is 13.3. The molecule has 170 valence electrons. The van der Waals surface area contributed by atoms with Crippen molar-refractivity contribution in [3.05, 3.63) is 47.8 Å². The summed E-state index contributed by atoms with van der Waals surface area (Å²) in [6, 6.07) is 7.15. The number of carbonyl (C=O) groups is 1. The van der Waals surface area contributed by atoms with E-state index in [1.807, 2.05) is 4.90 Å². The van der Waals surface area contributed by atoms with Gasteiger partial charge in [-0.05, 0) is 42.5 Å². The first-order valence-electron chi connectivity index (χ1n) is 10.5. The number of amides is 1. The average Bonchev–Trinajstić information content (AvgIpc) is 3.41. The number of nitrogens with zero attached hydrogens (tertiary/aromatic N) is 5. The molecule has 1 unspecified atom stereocenters. The third-order valence-corrected chi connectivity index (χ3v) is 6.80. The molecule has 32 heavy (non-hydrogen) atoms. The lowest BCUT2D eigenvalue weighted by Gasteiger charge is -2.43. The van der Waals surface area contributed by atoms with Gasteiger partial charge in [-0.2, -0.15) is 23.5 Å². The van der Waals surface area contributed by atoms with Gasteiger partial charge < -0.3 is 14.9 Å². The van der Waals surface area contributed by atoms with Crippen LogP contribution in [0, 0.1) is 22.7 Å². The molecule has 0 saturated carbocycles. The number of halogens is 3. The van der Waals surface area contributed by atoms with Gasteiger partial charge in [0.15, 0.2) is 0 Å². The summed E-state index contributed by atoms with van der Waals surface area (Å²) < 4.78 is 41.6. The predicted molar refractivity (Wildman–Crippen MR) is 109 cm³/mol. The minimum atomic E-state index is -4.60. The smallest absolute Gasteiger partial charge is 0.396 e. The molecule has 2 aliphatic heterocycles. The Morgan fingerprint density at radius 3 is 2.66 bits per heavy atom. The first-order chi connectivity index (χ1) is 15.3. The number of aromatic nitrogens is 2. The molecule has 2 saturated heterocycles. The summed E-state index contributed by atoms with van der Waals surface area (Å²) in [4.78, 5) is 16.4. The molecule has 1 aromatic heterocycles. The number of aliphatic hydroxyl groups excluding tert-OH is 1. The Hall–Kier alpha value is -3.06. The van der Waals surface area contributed by atoms with Crippen LogP contribution in [0.1, 0.15) is 24.0 Å². The number of aliphatic hydroxyl groups is 1. The zero-order valence-electron chi connectivity index (χ0n) is 17.4. The molecule has 2 aromatic rings. The predicted octanol–water partition coefficient (Wildman–Crippen LogP) is 2.51. The van der Waals surface area contributed by atoms with Crippen LogP contribution in [-0.2, 0) is 17.5 Å². The van der Waals surface area contributed by atoms with E-state index in [-0.39, 0.29) is 30.4 Å². The molecule has 2 aliphatic rings. The highest BCUT2D eigenvalue weighted by Crippen LogP contribution is 2.45. The largest absolute Gasteiger partial charge is 0.417 e. The highest BCUT2D eigenvalue weighted by Gasteiger charge is 2.49. The summed E-state index contributed by atoms with van der Waals surface area (Å²) in [6.45, 7) is 2.11. The number of hydrogen-bond donors (Lipinski definition) is 1. The van der Waals surface area contributed by atoms with Crippen LogP contribution in [-0.4, -0.2) is 58.5 Å². The molecule has 1 aromatic carbocycles. The van der Waals surface area contributed by atoms with Gasteiger partial charge in [0.1, 0.15) is 6.54 Å². The fraction of sp³-hybridized carbons (Fsp3) is 0.500. The summed E-state index contributed by atoms with van der Waals surface area (Å²) in [5, 5.41) is 23.0. The minimum Gasteiger partial charge on any atom is -0.396 e. The Morgan fingerprint density at radius 2 is 2.06 bits per heavy atom. The normalized spacial score (nSPS) is 20.5. The van der Waals surface area contributed by atoms with Crippen LogP contribution in [0.2, 0.25) is 0 Å². The first kappa shape index (κ1) is 22.1. The van der Waals surface area contributed by atoms with Crippen molar-refractivity contribution < 1.29 is 23.1 Å². The van der Waals surface area contributed by atoms with Gasteiger partial charge in [0.25, 0.3) is 0 Å². The van der Waals surface area contributed by atoms with Crippen molar-refractivity contribution in [2.75, 3.05) is 37.7 Å². The summed E-state index contributed by atoms with van der Waals surface area (Å²) in [5.41, 5.74) is -1.15. The van der Waals surface area contributed by atoms with E-state index in [0.717, 1.165) is 6.07 Å². The highest BCUT2D eigenvalue weighted by molar-refractivity contribution is 5.76. The lowest BCUT2D eigenvalue weighted by molar-refractivity contribution is -0.137. The summed E-state index contributed by atoms with van der Waals surface area (Å²) in [6.07, 6.45) is 0.0497. The van der Waals surface area contributed by atoms with Crippen molar-refractivity contribution in [3.63, 3.8) is 0 Å². The van der Waals surface area contributed by atoms with Crippen molar-refractivity contribution in [2.24, 2.45) is 11.3 Å². The third kappa shape index (κ3) is 4.17. The molecule has 1 N–H and O–H groups in total. The Balaban J connectivity index is 1.46. The maximum Gasteiger partial charge on any atom is 0.417 e. The Bertz CT molecular complexity index is 1010. The van der Waals surface area contributed by atoms with Crippen LogP contribution in [0.5, 0.6) is 0 Å². The van der Waals surface area contributed by atoms with Crippen molar-refractivity contribution in [3.8, 4) is 6.07 Å². The van der Waals surface area contributed by atoms with Gasteiger partial charge in [0.2, 0.25) is 5.91 Å². The summed E-state index contributed by atoms with van der Waals surface area (Å²) in [7, 11) is 0. The van der Waals surface area contributed by atoms with E-state index in [0.29, 0.717) is 44.7 Å². The number of rotatable bonds is 4. The molecule has 0 radical (unpaired) electrons. The molecule has 10 heteroatoms. The van der Waals surface area contributed by atoms with E-state index in [2.05, 4.69) is 5.10 Å². The number of likely N-dealkylation sites (tertiary alicyclic amines) is 1. The van der Waals surface area contributed by atoms with E-state index in [1.165, 1.54) is 6.07 Å². The monoisotopic (exact) mass is 447 g/mol. The van der Waals surface area contributed by atoms with Gasteiger partial charge in [0.05, 0.1) is 17.2 Å². The number of carbonyl (C=O) groups excluding carboxylic acids is 1. The van der Waals surface area contributed by atoms with E-state index in [9.17, 15) is 23.1 Å². The van der Waals surface area contributed by atoms with Crippen LogP contribution in [0.25, 0.3) is 0 Å². The number of alkyl halides is 3. The van der Waals surface area contributed by atoms with Gasteiger partial charge in [0, 0.05) is 56.8 Å². The molecule has 0 bridgehead atoms. The van der Waals surface area contributed by atoms with Crippen molar-refractivity contribution in [1.82, 2.24) is 14.7 Å². The van der Waals surface area contributed by atoms with Crippen molar-refractivity contribution in [2.45, 2.75) is 25.6 Å². The van der Waals surface area contributed by atoms with Crippen molar-refractivity contribution >= 4 is 11.6 Å². The maximum absolute atomic E-state index is 13.3. The Kier molecular flexibility index (Phi) is 5.86. The molecule has 1 atom stereocenters.